The average Bonchev–Trinajstić information content (AvgIpc) is 3.36. The molecule has 16 heteroatoms. The second-order valence-electron chi connectivity index (χ2n) is 11.2. The molecule has 2 heterocycles. The molecule has 1 fully saturated rings. The van der Waals surface area contributed by atoms with Gasteiger partial charge in [-0.1, -0.05) is 50.2 Å². The lowest BCUT2D eigenvalue weighted by Crippen LogP contribution is -2.34. The Hall–Kier alpha value is -4.86. The summed E-state index contributed by atoms with van der Waals surface area (Å²) in [6, 6.07) is 11.7. The van der Waals surface area contributed by atoms with Crippen molar-refractivity contribution in [2.75, 3.05) is 13.1 Å². The van der Waals surface area contributed by atoms with Crippen LogP contribution in [0.15, 0.2) is 42.5 Å². The van der Waals surface area contributed by atoms with Crippen LogP contribution in [0.5, 0.6) is 17.2 Å². The second kappa shape index (κ2) is 12.7. The van der Waals surface area contributed by atoms with Gasteiger partial charge >= 0.3 is 24.3 Å². The maximum atomic E-state index is 13.5. The number of carbonyl (C=O) groups is 2. The molecule has 0 spiro atoms. The summed E-state index contributed by atoms with van der Waals surface area (Å²) in [6.07, 6.45) is -11.0. The minimum absolute atomic E-state index is 0.0316. The van der Waals surface area contributed by atoms with Crippen molar-refractivity contribution in [1.82, 2.24) is 14.9 Å². The molecule has 0 saturated carbocycles. The fourth-order valence-electron chi connectivity index (χ4n) is 5.39. The van der Waals surface area contributed by atoms with Crippen molar-refractivity contribution in [2.24, 2.45) is 5.73 Å². The van der Waals surface area contributed by atoms with E-state index in [-0.39, 0.29) is 23.7 Å². The molecule has 4 aromatic rings. The summed E-state index contributed by atoms with van der Waals surface area (Å²) >= 11 is 0. The van der Waals surface area contributed by atoms with Gasteiger partial charge in [0.15, 0.2) is 5.75 Å². The molecule has 250 valence electrons. The van der Waals surface area contributed by atoms with E-state index in [0.29, 0.717) is 47.8 Å². The number of nitrogen functional groups attached to an aromatic ring is 1. The Kier molecular flexibility index (Phi) is 9.08. The third-order valence-electron chi connectivity index (χ3n) is 7.53. The first-order valence-corrected chi connectivity index (χ1v) is 14.4. The largest absolute Gasteiger partial charge is 0.491 e. The fourth-order valence-corrected chi connectivity index (χ4v) is 5.39. The molecule has 0 amide bonds. The Bertz CT molecular complexity index is 1860. The first-order chi connectivity index (χ1) is 22.1. The minimum atomic E-state index is -5.57. The lowest BCUT2D eigenvalue weighted by Gasteiger charge is -2.25. The number of halogens is 6. The number of imidazole rings is 1. The van der Waals surface area contributed by atoms with Crippen molar-refractivity contribution < 1.29 is 50.1 Å². The third-order valence-corrected chi connectivity index (χ3v) is 7.53. The highest BCUT2D eigenvalue weighted by Crippen LogP contribution is 2.47. The van der Waals surface area contributed by atoms with Crippen LogP contribution in [0.4, 0.5) is 26.3 Å². The van der Waals surface area contributed by atoms with Crippen LogP contribution in [-0.4, -0.2) is 58.9 Å². The van der Waals surface area contributed by atoms with Crippen LogP contribution in [0.25, 0.3) is 21.8 Å². The number of ether oxygens (including phenoxy) is 3. The Labute approximate surface area is 263 Å². The van der Waals surface area contributed by atoms with Crippen LogP contribution < -0.4 is 25.3 Å². The normalized spacial score (nSPS) is 14.5. The second-order valence-corrected chi connectivity index (χ2v) is 11.2. The van der Waals surface area contributed by atoms with Gasteiger partial charge in [-0.3, -0.25) is 5.41 Å². The van der Waals surface area contributed by atoms with Crippen LogP contribution in [0.3, 0.4) is 0 Å². The summed E-state index contributed by atoms with van der Waals surface area (Å²) in [5.74, 6) is -8.70. The number of nitrogens with two attached hydrogens (primary N) is 1. The summed E-state index contributed by atoms with van der Waals surface area (Å²) < 4.78 is 97.4. The zero-order valence-electron chi connectivity index (χ0n) is 25.0. The zero-order chi connectivity index (χ0) is 34.3. The highest BCUT2D eigenvalue weighted by Gasteiger charge is 2.45. The minimum Gasteiger partial charge on any atom is -0.486 e. The van der Waals surface area contributed by atoms with E-state index in [1.54, 1.807) is 54.8 Å². The lowest BCUT2D eigenvalue weighted by molar-refractivity contribution is -0.191. The maximum absolute atomic E-state index is 13.5. The van der Waals surface area contributed by atoms with Crippen molar-refractivity contribution >= 4 is 39.6 Å². The number of aromatic nitrogens is 2. The van der Waals surface area contributed by atoms with Gasteiger partial charge in [0.1, 0.15) is 23.3 Å². The van der Waals surface area contributed by atoms with E-state index in [1.807, 2.05) is 0 Å². The molecule has 0 unspecified atom stereocenters. The van der Waals surface area contributed by atoms with E-state index >= 15 is 0 Å². The molecule has 1 aliphatic heterocycles. The molecule has 1 aromatic heterocycles. The summed E-state index contributed by atoms with van der Waals surface area (Å²) in [7, 11) is 0. The van der Waals surface area contributed by atoms with Crippen LogP contribution in [0, 0.1) is 5.41 Å². The molecule has 0 atom stereocenters. The van der Waals surface area contributed by atoms with Gasteiger partial charge in [0.2, 0.25) is 11.5 Å². The number of benzene rings is 3. The van der Waals surface area contributed by atoms with Crippen LogP contribution in [0.2, 0.25) is 0 Å². The topological polar surface area (TPSA) is 142 Å². The lowest BCUT2D eigenvalue weighted by atomic mass is 9.98. The first-order valence-electron chi connectivity index (χ1n) is 14.4. The number of alkyl halides is 6. The molecular weight excluding hydrogens is 636 g/mol. The van der Waals surface area contributed by atoms with Crippen molar-refractivity contribution in [2.45, 2.75) is 57.6 Å². The first kappa shape index (κ1) is 33.5. The number of amidine groups is 1. The molecule has 0 bridgehead atoms. The number of fused-ring (bicyclic) bond motifs is 2. The predicted octanol–water partition coefficient (Wildman–Crippen LogP) is 5.71. The Morgan fingerprint density at radius 2 is 1.57 bits per heavy atom. The summed E-state index contributed by atoms with van der Waals surface area (Å²) in [6.45, 7) is 4.43. The zero-order valence-corrected chi connectivity index (χ0v) is 25.0. The molecular formula is C31H29F6N5O5. The van der Waals surface area contributed by atoms with Crippen molar-refractivity contribution in [1.29, 1.82) is 5.41 Å². The van der Waals surface area contributed by atoms with Gasteiger partial charge in [-0.15, -0.1) is 0 Å². The predicted molar refractivity (Wildman–Crippen MR) is 158 cm³/mol. The van der Waals surface area contributed by atoms with E-state index in [9.17, 15) is 35.9 Å². The van der Waals surface area contributed by atoms with E-state index in [1.165, 1.54) is 6.07 Å². The highest BCUT2D eigenvalue weighted by atomic mass is 19.4. The van der Waals surface area contributed by atoms with Gasteiger partial charge in [-0.25, -0.2) is 14.6 Å². The number of piperidine rings is 1. The van der Waals surface area contributed by atoms with Gasteiger partial charge < -0.3 is 29.8 Å². The number of nitrogens with one attached hydrogen (secondary N) is 2. The van der Waals surface area contributed by atoms with Gasteiger partial charge in [-0.05, 0) is 42.3 Å². The quantitative estimate of drug-likeness (QED) is 0.0715. The number of carbonyl (C=O) groups excluding carboxylic acids is 2. The molecule has 5 rings (SSSR count). The number of hydrogen-bond acceptors (Lipinski definition) is 8. The standard InChI is InChI=1S/C31H29F6N5O5/c1-15(2)27-41-23-21(42(27)14-16-7-8-20(26(38)39)19-6-4-3-5-18(16)19)13-22(45-17-9-11-40-12-10-17)24(46-28(43)30(32,33)34)25(23)47-29(44)31(35,36)37/h3-8,13,15,17,40H,9-12,14H2,1-2H3,(H3,38,39). The van der Waals surface area contributed by atoms with Gasteiger partial charge in [-0.2, -0.15) is 26.3 Å². The maximum Gasteiger partial charge on any atom is 0.491 e. The fraction of sp³-hybridized carbons (Fsp3) is 0.355. The molecule has 3 aromatic carbocycles. The highest BCUT2D eigenvalue weighted by molar-refractivity contribution is 6.08. The van der Waals surface area contributed by atoms with E-state index in [0.717, 1.165) is 0 Å². The van der Waals surface area contributed by atoms with Gasteiger partial charge in [0.05, 0.1) is 5.52 Å². The molecule has 0 aliphatic carbocycles. The molecule has 1 aliphatic rings. The summed E-state index contributed by atoms with van der Waals surface area (Å²) in [5.41, 5.74) is 6.51. The SMILES string of the molecule is CC(C)c1nc2c(OC(=O)C(F)(F)F)c(OC(=O)C(F)(F)F)c(OC3CCNCC3)cc2n1Cc1ccc(C(=N)N)c2ccccc12. The summed E-state index contributed by atoms with van der Waals surface area (Å²) in [5, 5.41) is 12.4. The number of hydrogen-bond donors (Lipinski definition) is 3. The number of esters is 2. The average molecular weight is 666 g/mol. The Morgan fingerprint density at radius 3 is 2.15 bits per heavy atom. The van der Waals surface area contributed by atoms with Gasteiger partial charge in [0, 0.05) is 24.1 Å². The molecule has 4 N–H and O–H groups in total. The van der Waals surface area contributed by atoms with Crippen LogP contribution in [-0.2, 0) is 16.1 Å². The summed E-state index contributed by atoms with van der Waals surface area (Å²) in [4.78, 5) is 28.6. The third kappa shape index (κ3) is 6.96. The van der Waals surface area contributed by atoms with E-state index < -0.39 is 59.1 Å². The van der Waals surface area contributed by atoms with E-state index in [4.69, 9.17) is 15.9 Å². The number of rotatable bonds is 8. The van der Waals surface area contributed by atoms with Crippen LogP contribution >= 0.6 is 0 Å². The number of nitrogens with zero attached hydrogens (tertiary/aromatic N) is 2. The smallest absolute Gasteiger partial charge is 0.486 e. The monoisotopic (exact) mass is 665 g/mol. The van der Waals surface area contributed by atoms with Gasteiger partial charge in [0.25, 0.3) is 0 Å². The van der Waals surface area contributed by atoms with Crippen molar-refractivity contribution in [3.63, 3.8) is 0 Å². The van der Waals surface area contributed by atoms with Crippen LogP contribution in [0.1, 0.15) is 49.6 Å². The van der Waals surface area contributed by atoms with Crippen molar-refractivity contribution in [3.8, 4) is 17.2 Å². The molecule has 0 radical (unpaired) electrons. The Balaban J connectivity index is 1.79. The molecule has 1 saturated heterocycles. The van der Waals surface area contributed by atoms with Crippen molar-refractivity contribution in [3.05, 3.63) is 59.4 Å². The molecule has 47 heavy (non-hydrogen) atoms. The van der Waals surface area contributed by atoms with E-state index in [2.05, 4.69) is 19.8 Å². The molecule has 10 nitrogen and oxygen atoms in total. The Morgan fingerprint density at radius 1 is 0.979 bits per heavy atom.